The Balaban J connectivity index is 1.79. The van der Waals surface area contributed by atoms with Crippen LogP contribution in [0.1, 0.15) is 41.8 Å². The van der Waals surface area contributed by atoms with E-state index in [2.05, 4.69) is 104 Å². The summed E-state index contributed by atoms with van der Waals surface area (Å²) in [4.78, 5) is 7.84. The summed E-state index contributed by atoms with van der Waals surface area (Å²) in [5.74, 6) is 0. The van der Waals surface area contributed by atoms with Crippen LogP contribution in [0, 0.1) is 0 Å². The molecule has 1 aliphatic carbocycles. The van der Waals surface area contributed by atoms with Crippen molar-refractivity contribution in [3.63, 3.8) is 0 Å². The smallest absolute Gasteiger partial charge is 0.104 e. The van der Waals surface area contributed by atoms with Gasteiger partial charge in [-0.25, -0.2) is 0 Å². The molecular weight excluding hydrogens is 482 g/mol. The third-order valence-electron chi connectivity index (χ3n) is 7.20. The van der Waals surface area contributed by atoms with Crippen LogP contribution in [0.3, 0.4) is 0 Å². The van der Waals surface area contributed by atoms with Crippen molar-refractivity contribution in [2.45, 2.75) is 31.8 Å². The van der Waals surface area contributed by atoms with Gasteiger partial charge in [-0.1, -0.05) is 86.0 Å². The Morgan fingerprint density at radius 2 is 1.79 bits per heavy atom. The van der Waals surface area contributed by atoms with Crippen LogP contribution in [0.5, 0.6) is 0 Å². The summed E-state index contributed by atoms with van der Waals surface area (Å²) in [7, 11) is 0. The molecule has 1 aliphatic rings. The summed E-state index contributed by atoms with van der Waals surface area (Å²) in [6.45, 7) is 16.8. The van der Waals surface area contributed by atoms with Gasteiger partial charge in [0, 0.05) is 39.5 Å². The summed E-state index contributed by atoms with van der Waals surface area (Å²) < 4.78 is 1.13. The van der Waals surface area contributed by atoms with Crippen molar-refractivity contribution >= 4 is 45.1 Å². The van der Waals surface area contributed by atoms with Gasteiger partial charge in [-0.15, -0.1) is 11.3 Å². The minimum atomic E-state index is -0.951. The first-order valence-electron chi connectivity index (χ1n) is 12.8. The van der Waals surface area contributed by atoms with Gasteiger partial charge in [-0.05, 0) is 61.5 Å². The third kappa shape index (κ3) is 4.26. The minimum Gasteiger partial charge on any atom is -0.342 e. The molecule has 3 aromatic carbocycles. The average Bonchev–Trinajstić information content (AvgIpc) is 3.61. The van der Waals surface area contributed by atoms with Gasteiger partial charge in [0.25, 0.3) is 0 Å². The number of allylic oxidation sites excluding steroid dienone is 5. The molecule has 1 unspecified atom stereocenters. The standard InChI is InChI=1S/C34H33N3S/c1-6-24(4)29-22-26(20-21-30(29)37(23(2)3)27-16-10-11-17-27)34(35,25-14-8-7-9-15-25)33-32(36-5)28-18-12-13-19-31(28)38-33/h6-16,18-23H,1,4-5,17,35H2,2-3H3. The summed E-state index contributed by atoms with van der Waals surface area (Å²) >= 11 is 1.67. The van der Waals surface area contributed by atoms with E-state index in [1.807, 2.05) is 36.4 Å². The Labute approximate surface area is 229 Å². The van der Waals surface area contributed by atoms with Crippen LogP contribution >= 0.6 is 11.3 Å². The number of fused-ring (bicyclic) bond motifs is 1. The molecule has 0 fully saturated rings. The molecule has 0 bridgehead atoms. The van der Waals surface area contributed by atoms with Crippen LogP contribution in [-0.2, 0) is 5.54 Å². The SMILES string of the molecule is C=CC(=C)c1cc(C(N)(c2ccccc2)c2sc3ccccc3c2N=C)ccc1N(C1=CC=CC1)C(C)C. The van der Waals surface area contributed by atoms with Crippen molar-refractivity contribution in [2.24, 2.45) is 10.7 Å². The molecule has 0 spiro atoms. The van der Waals surface area contributed by atoms with E-state index in [0.717, 1.165) is 55.0 Å². The molecule has 190 valence electrons. The number of benzene rings is 3. The van der Waals surface area contributed by atoms with E-state index in [4.69, 9.17) is 5.73 Å². The Kier molecular flexibility index (Phi) is 7.02. The summed E-state index contributed by atoms with van der Waals surface area (Å²) in [5, 5.41) is 1.06. The molecule has 1 heterocycles. The van der Waals surface area contributed by atoms with Gasteiger partial charge < -0.3 is 10.6 Å². The van der Waals surface area contributed by atoms with Gasteiger partial charge in [-0.2, -0.15) is 0 Å². The summed E-state index contributed by atoms with van der Waals surface area (Å²) in [6.07, 6.45) is 9.21. The second-order valence-electron chi connectivity index (χ2n) is 9.82. The molecule has 4 heteroatoms. The molecule has 0 amide bonds. The normalized spacial score (nSPS) is 14.4. The zero-order valence-corrected chi connectivity index (χ0v) is 22.8. The maximum atomic E-state index is 7.55. The largest absolute Gasteiger partial charge is 0.342 e. The highest BCUT2D eigenvalue weighted by atomic mass is 32.1. The van der Waals surface area contributed by atoms with Gasteiger partial charge in [0.2, 0.25) is 0 Å². The lowest BCUT2D eigenvalue weighted by Crippen LogP contribution is -2.39. The first-order valence-corrected chi connectivity index (χ1v) is 13.7. The van der Waals surface area contributed by atoms with Gasteiger partial charge >= 0.3 is 0 Å². The number of hydrogen-bond donors (Lipinski definition) is 1. The van der Waals surface area contributed by atoms with Crippen molar-refractivity contribution in [1.29, 1.82) is 0 Å². The lowest BCUT2D eigenvalue weighted by Gasteiger charge is -2.35. The van der Waals surface area contributed by atoms with E-state index >= 15 is 0 Å². The van der Waals surface area contributed by atoms with Crippen LogP contribution in [0.15, 0.2) is 121 Å². The average molecular weight is 516 g/mol. The summed E-state index contributed by atoms with van der Waals surface area (Å²) in [6, 6.07) is 25.3. The Hall–Kier alpha value is -3.99. The topological polar surface area (TPSA) is 41.6 Å². The third-order valence-corrected chi connectivity index (χ3v) is 8.49. The summed E-state index contributed by atoms with van der Waals surface area (Å²) in [5.41, 5.74) is 13.6. The molecule has 0 saturated carbocycles. The Morgan fingerprint density at radius 1 is 1.05 bits per heavy atom. The molecule has 3 nitrogen and oxygen atoms in total. The highest BCUT2D eigenvalue weighted by molar-refractivity contribution is 7.20. The van der Waals surface area contributed by atoms with Crippen molar-refractivity contribution in [3.8, 4) is 0 Å². The second kappa shape index (κ2) is 10.4. The maximum absolute atomic E-state index is 7.55. The molecule has 0 saturated heterocycles. The Bertz CT molecular complexity index is 1590. The number of rotatable bonds is 9. The quantitative estimate of drug-likeness (QED) is 0.179. The van der Waals surface area contributed by atoms with E-state index in [1.165, 1.54) is 5.70 Å². The van der Waals surface area contributed by atoms with Crippen LogP contribution in [0.25, 0.3) is 15.7 Å². The predicted molar refractivity (Wildman–Crippen MR) is 167 cm³/mol. The molecule has 4 aromatic rings. The first kappa shape index (κ1) is 25.7. The number of nitrogens with two attached hydrogens (primary N) is 1. The molecule has 0 aliphatic heterocycles. The predicted octanol–water partition coefficient (Wildman–Crippen LogP) is 8.74. The van der Waals surface area contributed by atoms with Crippen LogP contribution < -0.4 is 10.6 Å². The zero-order valence-electron chi connectivity index (χ0n) is 22.0. The zero-order chi connectivity index (χ0) is 26.9. The van der Waals surface area contributed by atoms with Crippen molar-refractivity contribution in [2.75, 3.05) is 4.90 Å². The second-order valence-corrected chi connectivity index (χ2v) is 10.9. The van der Waals surface area contributed by atoms with Crippen molar-refractivity contribution in [3.05, 3.63) is 138 Å². The van der Waals surface area contributed by atoms with Crippen molar-refractivity contribution in [1.82, 2.24) is 0 Å². The van der Waals surface area contributed by atoms with Crippen LogP contribution in [0.4, 0.5) is 11.4 Å². The molecular formula is C34H33N3S. The molecule has 38 heavy (non-hydrogen) atoms. The van der Waals surface area contributed by atoms with Gasteiger partial charge in [0.1, 0.15) is 5.54 Å². The van der Waals surface area contributed by atoms with E-state index in [-0.39, 0.29) is 6.04 Å². The van der Waals surface area contributed by atoms with E-state index < -0.39 is 5.54 Å². The van der Waals surface area contributed by atoms with Crippen molar-refractivity contribution < 1.29 is 0 Å². The molecule has 0 radical (unpaired) electrons. The Morgan fingerprint density at radius 3 is 2.45 bits per heavy atom. The van der Waals surface area contributed by atoms with E-state index in [9.17, 15) is 0 Å². The lowest BCUT2D eigenvalue weighted by atomic mass is 9.80. The fourth-order valence-electron chi connectivity index (χ4n) is 5.32. The van der Waals surface area contributed by atoms with E-state index in [0.29, 0.717) is 0 Å². The van der Waals surface area contributed by atoms with Gasteiger partial charge in [0.15, 0.2) is 0 Å². The van der Waals surface area contributed by atoms with Crippen LogP contribution in [-0.4, -0.2) is 12.8 Å². The lowest BCUT2D eigenvalue weighted by molar-refractivity contribution is 0.668. The highest BCUT2D eigenvalue weighted by Gasteiger charge is 2.37. The first-order chi connectivity index (χ1) is 18.4. The molecule has 2 N–H and O–H groups in total. The molecule has 5 rings (SSSR count). The number of anilines is 1. The fourth-order valence-corrected chi connectivity index (χ4v) is 6.63. The van der Waals surface area contributed by atoms with Crippen LogP contribution in [0.2, 0.25) is 0 Å². The minimum absolute atomic E-state index is 0.263. The maximum Gasteiger partial charge on any atom is 0.104 e. The molecule has 1 aromatic heterocycles. The number of aliphatic imine (C=N–C) groups is 1. The fraction of sp³-hybridized carbons (Fsp3) is 0.147. The number of nitrogens with zero attached hydrogens (tertiary/aromatic N) is 2. The van der Waals surface area contributed by atoms with Gasteiger partial charge in [-0.3, -0.25) is 4.99 Å². The van der Waals surface area contributed by atoms with Gasteiger partial charge in [0.05, 0.1) is 10.6 Å². The molecule has 1 atom stereocenters. The number of hydrogen-bond acceptors (Lipinski definition) is 4. The van der Waals surface area contributed by atoms with E-state index in [1.54, 1.807) is 11.3 Å². The number of thiophene rings is 1. The monoisotopic (exact) mass is 515 g/mol. The highest BCUT2D eigenvalue weighted by Crippen LogP contribution is 2.48.